The fourth-order valence-corrected chi connectivity index (χ4v) is 2.65. The average molecular weight is 285 g/mol. The predicted octanol–water partition coefficient (Wildman–Crippen LogP) is 1.89. The first-order valence-corrected chi connectivity index (χ1v) is 7.14. The van der Waals surface area contributed by atoms with Gasteiger partial charge in [0.2, 0.25) is 5.91 Å². The quantitative estimate of drug-likeness (QED) is 0.905. The minimum atomic E-state index is -0.132. The molecule has 1 aliphatic rings. The molecule has 5 heteroatoms. The van der Waals surface area contributed by atoms with E-state index in [1.54, 1.807) is 0 Å². The third-order valence-electron chi connectivity index (χ3n) is 3.97. The Morgan fingerprint density at radius 3 is 3.00 bits per heavy atom. The Bertz CT molecular complexity index is 644. The van der Waals surface area contributed by atoms with Crippen molar-refractivity contribution in [2.45, 2.75) is 26.8 Å². The number of amides is 1. The second-order valence-corrected chi connectivity index (χ2v) is 5.45. The highest BCUT2D eigenvalue weighted by atomic mass is 16.5. The minimum Gasteiger partial charge on any atom is -0.492 e. The van der Waals surface area contributed by atoms with Crippen LogP contribution < -0.4 is 10.1 Å². The Morgan fingerprint density at radius 1 is 1.43 bits per heavy atom. The normalized spacial score (nSPS) is 17.0. The summed E-state index contributed by atoms with van der Waals surface area (Å²) in [6.45, 7) is 4.84. The molecule has 0 spiro atoms. The van der Waals surface area contributed by atoms with Crippen LogP contribution in [0, 0.1) is 19.8 Å². The van der Waals surface area contributed by atoms with E-state index in [1.165, 1.54) is 0 Å². The summed E-state index contributed by atoms with van der Waals surface area (Å²) in [5, 5.41) is 10.1. The molecule has 1 amide bonds. The van der Waals surface area contributed by atoms with Gasteiger partial charge in [0, 0.05) is 17.8 Å². The first-order valence-electron chi connectivity index (χ1n) is 7.14. The molecule has 1 aromatic carbocycles. The van der Waals surface area contributed by atoms with Crippen LogP contribution in [0.15, 0.2) is 24.3 Å². The minimum absolute atomic E-state index is 0.0319. The van der Waals surface area contributed by atoms with E-state index in [0.717, 1.165) is 34.7 Å². The van der Waals surface area contributed by atoms with Gasteiger partial charge in [0.05, 0.1) is 11.6 Å². The molecule has 21 heavy (non-hydrogen) atoms. The van der Waals surface area contributed by atoms with Crippen molar-refractivity contribution in [1.29, 1.82) is 0 Å². The van der Waals surface area contributed by atoms with E-state index in [4.69, 9.17) is 4.74 Å². The number of aromatic nitrogens is 2. The summed E-state index contributed by atoms with van der Waals surface area (Å²) in [6, 6.07) is 7.88. The van der Waals surface area contributed by atoms with Gasteiger partial charge < -0.3 is 10.1 Å². The van der Waals surface area contributed by atoms with Crippen molar-refractivity contribution in [1.82, 2.24) is 15.5 Å². The zero-order chi connectivity index (χ0) is 14.8. The zero-order valence-corrected chi connectivity index (χ0v) is 12.3. The highest BCUT2D eigenvalue weighted by Gasteiger charge is 2.25. The number of carbonyl (C=O) groups excluding carboxylic acids is 1. The molecule has 0 aliphatic carbocycles. The number of nitrogens with one attached hydrogen (secondary N) is 2. The van der Waals surface area contributed by atoms with E-state index >= 15 is 0 Å². The van der Waals surface area contributed by atoms with Crippen molar-refractivity contribution in [3.05, 3.63) is 46.8 Å². The summed E-state index contributed by atoms with van der Waals surface area (Å²) in [6.07, 6.45) is 0.728. The average Bonchev–Trinajstić information content (AvgIpc) is 2.83. The molecular formula is C16H19N3O2. The van der Waals surface area contributed by atoms with Crippen molar-refractivity contribution in [3.8, 4) is 5.75 Å². The number of benzene rings is 1. The third kappa shape index (κ3) is 2.77. The van der Waals surface area contributed by atoms with E-state index < -0.39 is 0 Å². The maximum atomic E-state index is 12.3. The highest BCUT2D eigenvalue weighted by molar-refractivity contribution is 5.79. The molecule has 0 fully saturated rings. The Balaban J connectivity index is 1.62. The van der Waals surface area contributed by atoms with Crippen LogP contribution in [0.2, 0.25) is 0 Å². The molecule has 2 heterocycles. The number of para-hydroxylation sites is 1. The summed E-state index contributed by atoms with van der Waals surface area (Å²) >= 11 is 0. The Labute approximate surface area is 123 Å². The number of ether oxygens (including phenoxy) is 1. The number of rotatable bonds is 3. The number of nitrogens with zero attached hydrogens (tertiary/aromatic N) is 1. The summed E-state index contributed by atoms with van der Waals surface area (Å²) in [4.78, 5) is 12.3. The number of fused-ring (bicyclic) bond motifs is 1. The van der Waals surface area contributed by atoms with Crippen molar-refractivity contribution in [2.75, 3.05) is 6.61 Å². The number of H-pyrrole nitrogens is 1. The molecule has 1 aliphatic heterocycles. The van der Waals surface area contributed by atoms with Crippen LogP contribution >= 0.6 is 0 Å². The van der Waals surface area contributed by atoms with Gasteiger partial charge in [-0.3, -0.25) is 9.89 Å². The lowest BCUT2D eigenvalue weighted by Gasteiger charge is -2.24. The summed E-state index contributed by atoms with van der Waals surface area (Å²) in [5.74, 6) is 0.792. The van der Waals surface area contributed by atoms with Crippen LogP contribution in [-0.2, 0) is 17.8 Å². The lowest BCUT2D eigenvalue weighted by Crippen LogP contribution is -2.37. The Hall–Kier alpha value is -2.30. The highest BCUT2D eigenvalue weighted by Crippen LogP contribution is 2.26. The van der Waals surface area contributed by atoms with E-state index in [9.17, 15) is 4.79 Å². The molecule has 2 N–H and O–H groups in total. The molecule has 3 rings (SSSR count). The third-order valence-corrected chi connectivity index (χ3v) is 3.97. The second-order valence-electron chi connectivity index (χ2n) is 5.45. The number of hydrogen-bond acceptors (Lipinski definition) is 3. The maximum absolute atomic E-state index is 12.3. The van der Waals surface area contributed by atoms with Gasteiger partial charge in [-0.2, -0.15) is 5.10 Å². The molecule has 1 unspecified atom stereocenters. The van der Waals surface area contributed by atoms with Crippen LogP contribution in [0.3, 0.4) is 0 Å². The molecule has 0 saturated carbocycles. The molecule has 110 valence electrons. The molecule has 1 atom stereocenters. The van der Waals surface area contributed by atoms with Gasteiger partial charge in [-0.05, 0) is 31.9 Å². The van der Waals surface area contributed by atoms with Gasteiger partial charge in [0.25, 0.3) is 0 Å². The Kier molecular flexibility index (Phi) is 3.64. The SMILES string of the molecule is Cc1n[nH]c(C)c1CNC(=O)C1COc2ccccc2C1. The van der Waals surface area contributed by atoms with Crippen LogP contribution in [0.1, 0.15) is 22.5 Å². The smallest absolute Gasteiger partial charge is 0.227 e. The van der Waals surface area contributed by atoms with E-state index in [0.29, 0.717) is 13.2 Å². The monoisotopic (exact) mass is 285 g/mol. The lowest BCUT2D eigenvalue weighted by molar-refractivity contribution is -0.126. The van der Waals surface area contributed by atoms with Gasteiger partial charge in [-0.15, -0.1) is 0 Å². The lowest BCUT2D eigenvalue weighted by atomic mass is 9.96. The topological polar surface area (TPSA) is 67.0 Å². The van der Waals surface area contributed by atoms with E-state index in [1.807, 2.05) is 38.1 Å². The fourth-order valence-electron chi connectivity index (χ4n) is 2.65. The second kappa shape index (κ2) is 5.60. The van der Waals surface area contributed by atoms with Crippen LogP contribution in [0.5, 0.6) is 5.75 Å². The molecule has 0 bridgehead atoms. The van der Waals surface area contributed by atoms with Gasteiger partial charge in [0.15, 0.2) is 0 Å². The Morgan fingerprint density at radius 2 is 2.24 bits per heavy atom. The number of carbonyl (C=O) groups is 1. The molecular weight excluding hydrogens is 266 g/mol. The van der Waals surface area contributed by atoms with Gasteiger partial charge in [-0.25, -0.2) is 0 Å². The number of aryl methyl sites for hydroxylation is 2. The van der Waals surface area contributed by atoms with Crippen LogP contribution in [0.25, 0.3) is 0 Å². The van der Waals surface area contributed by atoms with Crippen molar-refractivity contribution < 1.29 is 9.53 Å². The van der Waals surface area contributed by atoms with E-state index in [-0.39, 0.29) is 11.8 Å². The fraction of sp³-hybridized carbons (Fsp3) is 0.375. The number of aromatic amines is 1. The van der Waals surface area contributed by atoms with Crippen molar-refractivity contribution in [2.24, 2.45) is 5.92 Å². The first kappa shape index (κ1) is 13.7. The molecule has 0 saturated heterocycles. The summed E-state index contributed by atoms with van der Waals surface area (Å²) in [7, 11) is 0. The largest absolute Gasteiger partial charge is 0.492 e. The molecule has 5 nitrogen and oxygen atoms in total. The molecule has 1 aromatic heterocycles. The standard InChI is InChI=1S/C16H19N3O2/c1-10-14(11(2)19-18-10)8-17-16(20)13-7-12-5-3-4-6-15(12)21-9-13/h3-6,13H,7-9H2,1-2H3,(H,17,20)(H,18,19). The van der Waals surface area contributed by atoms with Gasteiger partial charge in [-0.1, -0.05) is 18.2 Å². The number of hydrogen-bond donors (Lipinski definition) is 2. The first-order chi connectivity index (χ1) is 10.1. The van der Waals surface area contributed by atoms with Crippen LogP contribution in [0.4, 0.5) is 0 Å². The maximum Gasteiger partial charge on any atom is 0.227 e. The summed E-state index contributed by atoms with van der Waals surface area (Å²) < 4.78 is 5.66. The summed E-state index contributed by atoms with van der Waals surface area (Å²) in [5.41, 5.74) is 4.08. The molecule has 0 radical (unpaired) electrons. The van der Waals surface area contributed by atoms with Crippen LogP contribution in [-0.4, -0.2) is 22.7 Å². The van der Waals surface area contributed by atoms with Crippen molar-refractivity contribution in [3.63, 3.8) is 0 Å². The van der Waals surface area contributed by atoms with Gasteiger partial charge in [0.1, 0.15) is 12.4 Å². The van der Waals surface area contributed by atoms with Gasteiger partial charge >= 0.3 is 0 Å². The zero-order valence-electron chi connectivity index (χ0n) is 12.3. The van der Waals surface area contributed by atoms with E-state index in [2.05, 4.69) is 15.5 Å². The predicted molar refractivity (Wildman–Crippen MR) is 79.0 cm³/mol. The van der Waals surface area contributed by atoms with Crippen molar-refractivity contribution >= 4 is 5.91 Å². The molecule has 2 aromatic rings.